The Morgan fingerprint density at radius 1 is 1.32 bits per heavy atom. The van der Waals surface area contributed by atoms with Crippen LogP contribution < -0.4 is 5.32 Å². The van der Waals surface area contributed by atoms with E-state index in [-0.39, 0.29) is 5.91 Å². The summed E-state index contributed by atoms with van der Waals surface area (Å²) >= 11 is 5.81. The standard InChI is InChI=1S/C13H14ClN3O2/c1-2-11(18)15-8-7-12-16-17-13(19-12)9-3-5-10(14)6-4-9/h3-6H,2,7-8H2,1H3,(H,15,18). The van der Waals surface area contributed by atoms with E-state index in [9.17, 15) is 4.79 Å². The van der Waals surface area contributed by atoms with Gasteiger partial charge in [0.15, 0.2) is 0 Å². The molecule has 2 aromatic rings. The number of amides is 1. The zero-order valence-corrected chi connectivity index (χ0v) is 11.3. The van der Waals surface area contributed by atoms with E-state index in [1.807, 2.05) is 12.1 Å². The van der Waals surface area contributed by atoms with E-state index in [4.69, 9.17) is 16.0 Å². The highest BCUT2D eigenvalue weighted by atomic mass is 35.5. The number of benzene rings is 1. The molecule has 1 aromatic heterocycles. The minimum Gasteiger partial charge on any atom is -0.421 e. The maximum atomic E-state index is 11.1. The smallest absolute Gasteiger partial charge is 0.247 e. The Morgan fingerprint density at radius 2 is 2.05 bits per heavy atom. The number of hydrogen-bond acceptors (Lipinski definition) is 4. The van der Waals surface area contributed by atoms with Gasteiger partial charge in [0, 0.05) is 30.0 Å². The lowest BCUT2D eigenvalue weighted by molar-refractivity contribution is -0.120. The molecule has 0 atom stereocenters. The van der Waals surface area contributed by atoms with E-state index in [0.29, 0.717) is 36.2 Å². The zero-order chi connectivity index (χ0) is 13.7. The van der Waals surface area contributed by atoms with Gasteiger partial charge in [-0.15, -0.1) is 10.2 Å². The summed E-state index contributed by atoms with van der Waals surface area (Å²) in [6, 6.07) is 7.17. The normalized spacial score (nSPS) is 10.4. The van der Waals surface area contributed by atoms with Gasteiger partial charge in [-0.3, -0.25) is 4.79 Å². The van der Waals surface area contributed by atoms with Crippen LogP contribution in [0.25, 0.3) is 11.5 Å². The molecule has 0 unspecified atom stereocenters. The maximum absolute atomic E-state index is 11.1. The van der Waals surface area contributed by atoms with Crippen molar-refractivity contribution in [1.82, 2.24) is 15.5 Å². The van der Waals surface area contributed by atoms with Crippen molar-refractivity contribution in [2.24, 2.45) is 0 Å². The van der Waals surface area contributed by atoms with Gasteiger partial charge < -0.3 is 9.73 Å². The van der Waals surface area contributed by atoms with Crippen molar-refractivity contribution in [2.45, 2.75) is 19.8 Å². The molecule has 19 heavy (non-hydrogen) atoms. The topological polar surface area (TPSA) is 68.0 Å². The second-order valence-corrected chi connectivity index (χ2v) is 4.40. The molecule has 100 valence electrons. The first-order valence-corrected chi connectivity index (χ1v) is 6.42. The molecule has 0 radical (unpaired) electrons. The number of nitrogens with one attached hydrogen (secondary N) is 1. The first kappa shape index (κ1) is 13.5. The molecular weight excluding hydrogens is 266 g/mol. The highest BCUT2D eigenvalue weighted by molar-refractivity contribution is 6.30. The SMILES string of the molecule is CCC(=O)NCCc1nnc(-c2ccc(Cl)cc2)o1. The van der Waals surface area contributed by atoms with Crippen molar-refractivity contribution in [3.05, 3.63) is 35.2 Å². The van der Waals surface area contributed by atoms with Gasteiger partial charge in [0.1, 0.15) is 0 Å². The maximum Gasteiger partial charge on any atom is 0.247 e. The van der Waals surface area contributed by atoms with E-state index in [1.54, 1.807) is 19.1 Å². The summed E-state index contributed by atoms with van der Waals surface area (Å²) in [6.45, 7) is 2.30. The molecule has 0 saturated heterocycles. The third kappa shape index (κ3) is 3.79. The first-order valence-electron chi connectivity index (χ1n) is 6.04. The Balaban J connectivity index is 1.95. The van der Waals surface area contributed by atoms with Crippen LogP contribution in [0.15, 0.2) is 28.7 Å². The molecule has 0 aliphatic rings. The van der Waals surface area contributed by atoms with E-state index in [1.165, 1.54) is 0 Å². The molecule has 1 aromatic carbocycles. The number of carbonyl (C=O) groups is 1. The molecule has 1 amide bonds. The van der Waals surface area contributed by atoms with E-state index in [2.05, 4.69) is 15.5 Å². The van der Waals surface area contributed by atoms with Crippen LogP contribution in [0.2, 0.25) is 5.02 Å². The van der Waals surface area contributed by atoms with Gasteiger partial charge >= 0.3 is 0 Å². The predicted molar refractivity (Wildman–Crippen MR) is 71.7 cm³/mol. The minimum absolute atomic E-state index is 0.0115. The summed E-state index contributed by atoms with van der Waals surface area (Å²) in [5, 5.41) is 11.3. The van der Waals surface area contributed by atoms with Crippen molar-refractivity contribution in [3.8, 4) is 11.5 Å². The van der Waals surface area contributed by atoms with Gasteiger partial charge in [-0.2, -0.15) is 0 Å². The molecule has 0 aliphatic heterocycles. The summed E-state index contributed by atoms with van der Waals surface area (Å²) in [5.74, 6) is 0.965. The lowest BCUT2D eigenvalue weighted by atomic mass is 10.2. The van der Waals surface area contributed by atoms with Crippen LogP contribution in [-0.4, -0.2) is 22.6 Å². The number of nitrogens with zero attached hydrogens (tertiary/aromatic N) is 2. The van der Waals surface area contributed by atoms with Crippen LogP contribution in [0, 0.1) is 0 Å². The third-order valence-corrected chi connectivity index (χ3v) is 2.79. The zero-order valence-electron chi connectivity index (χ0n) is 10.5. The summed E-state index contributed by atoms with van der Waals surface area (Å²) < 4.78 is 5.51. The summed E-state index contributed by atoms with van der Waals surface area (Å²) in [6.07, 6.45) is 0.992. The van der Waals surface area contributed by atoms with Gasteiger partial charge in [-0.25, -0.2) is 0 Å². The van der Waals surface area contributed by atoms with Crippen molar-refractivity contribution in [1.29, 1.82) is 0 Å². The van der Waals surface area contributed by atoms with E-state index in [0.717, 1.165) is 5.56 Å². The fourth-order valence-electron chi connectivity index (χ4n) is 1.50. The van der Waals surface area contributed by atoms with Crippen molar-refractivity contribution in [3.63, 3.8) is 0 Å². The van der Waals surface area contributed by atoms with Crippen molar-refractivity contribution in [2.75, 3.05) is 6.54 Å². The molecule has 5 nitrogen and oxygen atoms in total. The second-order valence-electron chi connectivity index (χ2n) is 3.96. The first-order chi connectivity index (χ1) is 9.19. The molecule has 0 spiro atoms. The van der Waals surface area contributed by atoms with Gasteiger partial charge in [0.05, 0.1) is 0 Å². The highest BCUT2D eigenvalue weighted by Crippen LogP contribution is 2.20. The molecule has 0 bridgehead atoms. The Hall–Kier alpha value is -1.88. The predicted octanol–water partition coefficient (Wildman–Crippen LogP) is 2.46. The molecule has 0 fully saturated rings. The molecule has 1 heterocycles. The van der Waals surface area contributed by atoms with Crippen molar-refractivity contribution >= 4 is 17.5 Å². The van der Waals surface area contributed by atoms with Crippen LogP contribution in [0.4, 0.5) is 0 Å². The average Bonchev–Trinajstić information content (AvgIpc) is 2.88. The Morgan fingerprint density at radius 3 is 2.74 bits per heavy atom. The van der Waals surface area contributed by atoms with Crippen LogP contribution in [-0.2, 0) is 11.2 Å². The van der Waals surface area contributed by atoms with Gasteiger partial charge in [-0.1, -0.05) is 18.5 Å². The number of halogens is 1. The van der Waals surface area contributed by atoms with Gasteiger partial charge in [0.2, 0.25) is 17.7 Å². The Kier molecular flexibility index (Phi) is 4.52. The summed E-state index contributed by atoms with van der Waals surface area (Å²) in [7, 11) is 0. The molecule has 6 heteroatoms. The fourth-order valence-corrected chi connectivity index (χ4v) is 1.62. The van der Waals surface area contributed by atoms with Crippen LogP contribution in [0.1, 0.15) is 19.2 Å². The molecule has 0 saturated carbocycles. The summed E-state index contributed by atoms with van der Waals surface area (Å²) in [4.78, 5) is 11.1. The number of hydrogen-bond donors (Lipinski definition) is 1. The third-order valence-electron chi connectivity index (χ3n) is 2.54. The molecular formula is C13H14ClN3O2. The quantitative estimate of drug-likeness (QED) is 0.913. The molecule has 0 aliphatic carbocycles. The van der Waals surface area contributed by atoms with Crippen LogP contribution >= 0.6 is 11.6 Å². The highest BCUT2D eigenvalue weighted by Gasteiger charge is 2.08. The largest absolute Gasteiger partial charge is 0.421 e. The average molecular weight is 280 g/mol. The fraction of sp³-hybridized carbons (Fsp3) is 0.308. The van der Waals surface area contributed by atoms with E-state index < -0.39 is 0 Å². The number of rotatable bonds is 5. The molecule has 1 N–H and O–H groups in total. The molecule has 2 rings (SSSR count). The minimum atomic E-state index is 0.0115. The van der Waals surface area contributed by atoms with Gasteiger partial charge in [0.25, 0.3) is 0 Å². The Labute approximate surface area is 116 Å². The van der Waals surface area contributed by atoms with E-state index >= 15 is 0 Å². The van der Waals surface area contributed by atoms with Crippen LogP contribution in [0.5, 0.6) is 0 Å². The summed E-state index contributed by atoms with van der Waals surface area (Å²) in [5.41, 5.74) is 0.820. The number of carbonyl (C=O) groups excluding carboxylic acids is 1. The lowest BCUT2D eigenvalue weighted by Crippen LogP contribution is -2.24. The monoisotopic (exact) mass is 279 g/mol. The number of aromatic nitrogens is 2. The van der Waals surface area contributed by atoms with Gasteiger partial charge in [-0.05, 0) is 24.3 Å². The lowest BCUT2D eigenvalue weighted by Gasteiger charge is -1.99. The Bertz CT molecular complexity index is 551. The second kappa shape index (κ2) is 6.33. The van der Waals surface area contributed by atoms with Crippen LogP contribution in [0.3, 0.4) is 0 Å². The van der Waals surface area contributed by atoms with Crippen molar-refractivity contribution < 1.29 is 9.21 Å².